The zero-order valence-electron chi connectivity index (χ0n) is 13.0. The first kappa shape index (κ1) is 15.0. The third kappa shape index (κ3) is 3.37. The Balaban J connectivity index is 2.39. The molecule has 0 atom stereocenters. The lowest BCUT2D eigenvalue weighted by molar-refractivity contribution is 1.12. The van der Waals surface area contributed by atoms with E-state index in [0.717, 1.165) is 6.42 Å². The highest BCUT2D eigenvalue weighted by Crippen LogP contribution is 2.35. The molecule has 0 bridgehead atoms. The number of rotatable bonds is 4. The van der Waals surface area contributed by atoms with Crippen LogP contribution < -0.4 is 5.32 Å². The fraction of sp³-hybridized carbons (Fsp3) is 0.333. The molecular weight excluding hydrogens is 262 g/mol. The Morgan fingerprint density at radius 3 is 2.15 bits per heavy atom. The van der Waals surface area contributed by atoms with Crippen LogP contribution in [-0.4, -0.2) is 7.05 Å². The zero-order chi connectivity index (χ0) is 14.7. The Hall–Kier alpha value is -1.41. The molecule has 0 unspecified atom stereocenters. The molecule has 106 valence electrons. The summed E-state index contributed by atoms with van der Waals surface area (Å²) in [5, 5.41) is 3.25. The van der Waals surface area contributed by atoms with Crippen molar-refractivity contribution in [3.63, 3.8) is 0 Å². The van der Waals surface area contributed by atoms with Crippen LogP contribution in [0.25, 0.3) is 0 Å². The van der Waals surface area contributed by atoms with Crippen molar-refractivity contribution in [1.29, 1.82) is 0 Å². The number of hydrogen-bond acceptors (Lipinski definition) is 2. The highest BCUT2D eigenvalue weighted by Gasteiger charge is 2.07. The first-order valence-electron chi connectivity index (χ1n) is 7.11. The van der Waals surface area contributed by atoms with Crippen LogP contribution in [0.4, 0.5) is 5.69 Å². The van der Waals surface area contributed by atoms with Crippen molar-refractivity contribution in [2.24, 2.45) is 0 Å². The van der Waals surface area contributed by atoms with E-state index in [9.17, 15) is 0 Å². The summed E-state index contributed by atoms with van der Waals surface area (Å²) in [6, 6.07) is 11.3. The SMILES string of the molecule is CCc1cc(NC)cc(Sc2c(C)cc(C)cc2C)c1. The first-order valence-corrected chi connectivity index (χ1v) is 7.92. The molecule has 0 aromatic heterocycles. The third-order valence-electron chi connectivity index (χ3n) is 3.49. The number of aryl methyl sites for hydroxylation is 4. The van der Waals surface area contributed by atoms with Gasteiger partial charge in [-0.3, -0.25) is 0 Å². The average molecular weight is 285 g/mol. The maximum atomic E-state index is 3.25. The predicted molar refractivity (Wildman–Crippen MR) is 90.1 cm³/mol. The lowest BCUT2D eigenvalue weighted by Crippen LogP contribution is -1.92. The quantitative estimate of drug-likeness (QED) is 0.810. The van der Waals surface area contributed by atoms with Gasteiger partial charge in [-0.25, -0.2) is 0 Å². The van der Waals surface area contributed by atoms with Gasteiger partial charge >= 0.3 is 0 Å². The second kappa shape index (κ2) is 6.36. The van der Waals surface area contributed by atoms with Gasteiger partial charge in [0.1, 0.15) is 0 Å². The molecule has 0 aliphatic rings. The van der Waals surface area contributed by atoms with E-state index in [0.29, 0.717) is 0 Å². The summed E-state index contributed by atoms with van der Waals surface area (Å²) < 4.78 is 0. The predicted octanol–water partition coefficient (Wildman–Crippen LogP) is 5.37. The molecule has 1 nitrogen and oxygen atoms in total. The summed E-state index contributed by atoms with van der Waals surface area (Å²) in [5.74, 6) is 0. The number of hydrogen-bond donors (Lipinski definition) is 1. The second-order valence-corrected chi connectivity index (χ2v) is 6.38. The molecule has 2 heteroatoms. The fourth-order valence-corrected chi connectivity index (χ4v) is 3.59. The van der Waals surface area contributed by atoms with Gasteiger partial charge in [0, 0.05) is 22.5 Å². The molecule has 0 heterocycles. The van der Waals surface area contributed by atoms with Crippen LogP contribution in [0.1, 0.15) is 29.2 Å². The Morgan fingerprint density at radius 2 is 1.60 bits per heavy atom. The van der Waals surface area contributed by atoms with Gasteiger partial charge in [0.15, 0.2) is 0 Å². The van der Waals surface area contributed by atoms with E-state index in [1.807, 2.05) is 18.8 Å². The van der Waals surface area contributed by atoms with Crippen molar-refractivity contribution >= 4 is 17.4 Å². The van der Waals surface area contributed by atoms with E-state index in [1.165, 1.54) is 37.7 Å². The van der Waals surface area contributed by atoms with Crippen molar-refractivity contribution in [3.8, 4) is 0 Å². The number of nitrogens with one attached hydrogen (secondary N) is 1. The van der Waals surface area contributed by atoms with Gasteiger partial charge in [0.25, 0.3) is 0 Å². The topological polar surface area (TPSA) is 12.0 Å². The van der Waals surface area contributed by atoms with Crippen molar-refractivity contribution < 1.29 is 0 Å². The highest BCUT2D eigenvalue weighted by molar-refractivity contribution is 7.99. The lowest BCUT2D eigenvalue weighted by Gasteiger charge is -2.13. The zero-order valence-corrected chi connectivity index (χ0v) is 13.8. The van der Waals surface area contributed by atoms with Gasteiger partial charge < -0.3 is 5.32 Å². The molecule has 0 aliphatic heterocycles. The molecule has 0 amide bonds. The van der Waals surface area contributed by atoms with E-state index in [1.54, 1.807) is 0 Å². The fourth-order valence-electron chi connectivity index (χ4n) is 2.51. The van der Waals surface area contributed by atoms with Crippen molar-refractivity contribution in [2.75, 3.05) is 12.4 Å². The molecule has 2 rings (SSSR count). The van der Waals surface area contributed by atoms with Gasteiger partial charge in [0.2, 0.25) is 0 Å². The molecule has 20 heavy (non-hydrogen) atoms. The largest absolute Gasteiger partial charge is 0.388 e. The van der Waals surface area contributed by atoms with E-state index in [2.05, 4.69) is 63.3 Å². The summed E-state index contributed by atoms with van der Waals surface area (Å²) in [6.07, 6.45) is 1.06. The van der Waals surface area contributed by atoms with Crippen LogP contribution in [0.3, 0.4) is 0 Å². The normalized spacial score (nSPS) is 10.7. The minimum absolute atomic E-state index is 1.06. The van der Waals surface area contributed by atoms with Crippen molar-refractivity contribution in [1.82, 2.24) is 0 Å². The van der Waals surface area contributed by atoms with E-state index >= 15 is 0 Å². The van der Waals surface area contributed by atoms with Crippen LogP contribution in [0, 0.1) is 20.8 Å². The molecule has 2 aromatic carbocycles. The molecule has 2 aromatic rings. The lowest BCUT2D eigenvalue weighted by atomic mass is 10.1. The van der Waals surface area contributed by atoms with Crippen LogP contribution >= 0.6 is 11.8 Å². The van der Waals surface area contributed by atoms with E-state index in [4.69, 9.17) is 0 Å². The Kier molecular flexibility index (Phi) is 4.77. The van der Waals surface area contributed by atoms with Crippen molar-refractivity contribution in [3.05, 3.63) is 52.6 Å². The van der Waals surface area contributed by atoms with Crippen LogP contribution in [0.5, 0.6) is 0 Å². The summed E-state index contributed by atoms with van der Waals surface area (Å²) in [5.41, 5.74) is 6.62. The summed E-state index contributed by atoms with van der Waals surface area (Å²) in [4.78, 5) is 2.69. The minimum atomic E-state index is 1.06. The van der Waals surface area contributed by atoms with Gasteiger partial charge in [-0.15, -0.1) is 0 Å². The van der Waals surface area contributed by atoms with Gasteiger partial charge in [-0.05, 0) is 62.1 Å². The summed E-state index contributed by atoms with van der Waals surface area (Å²) >= 11 is 1.87. The molecule has 0 saturated carbocycles. The maximum Gasteiger partial charge on any atom is 0.0351 e. The van der Waals surface area contributed by atoms with Crippen LogP contribution in [0.2, 0.25) is 0 Å². The number of anilines is 1. The van der Waals surface area contributed by atoms with E-state index < -0.39 is 0 Å². The Labute approximate surface area is 126 Å². The second-order valence-electron chi connectivity index (χ2n) is 5.30. The first-order chi connectivity index (χ1) is 9.53. The van der Waals surface area contributed by atoms with Gasteiger partial charge in [-0.2, -0.15) is 0 Å². The van der Waals surface area contributed by atoms with Crippen LogP contribution in [-0.2, 0) is 6.42 Å². The van der Waals surface area contributed by atoms with E-state index in [-0.39, 0.29) is 0 Å². The summed E-state index contributed by atoms with van der Waals surface area (Å²) in [6.45, 7) is 8.76. The molecule has 1 N–H and O–H groups in total. The third-order valence-corrected chi connectivity index (χ3v) is 4.81. The number of benzene rings is 2. The molecule has 0 fully saturated rings. The standard InChI is InChI=1S/C18H23NS/c1-6-15-9-16(19-5)11-17(10-15)20-18-13(3)7-12(2)8-14(18)4/h7-11,19H,6H2,1-5H3. The van der Waals surface area contributed by atoms with Gasteiger partial charge in [0.05, 0.1) is 0 Å². The van der Waals surface area contributed by atoms with Crippen LogP contribution in [0.15, 0.2) is 40.1 Å². The Bertz CT molecular complexity index is 572. The highest BCUT2D eigenvalue weighted by atomic mass is 32.2. The maximum absolute atomic E-state index is 3.25. The minimum Gasteiger partial charge on any atom is -0.388 e. The van der Waals surface area contributed by atoms with Crippen molar-refractivity contribution in [2.45, 2.75) is 43.9 Å². The molecule has 0 saturated heterocycles. The molecule has 0 radical (unpaired) electrons. The molecule has 0 aliphatic carbocycles. The summed E-state index contributed by atoms with van der Waals surface area (Å²) in [7, 11) is 1.98. The molecule has 0 spiro atoms. The molecular formula is C18H23NS. The Morgan fingerprint density at radius 1 is 0.950 bits per heavy atom. The smallest absolute Gasteiger partial charge is 0.0351 e. The average Bonchev–Trinajstić information content (AvgIpc) is 2.42. The van der Waals surface area contributed by atoms with Gasteiger partial charge in [-0.1, -0.05) is 36.4 Å². The monoisotopic (exact) mass is 285 g/mol.